The highest BCUT2D eigenvalue weighted by molar-refractivity contribution is 5.52. The van der Waals surface area contributed by atoms with Gasteiger partial charge in [-0.1, -0.05) is 13.8 Å². The van der Waals surface area contributed by atoms with Crippen LogP contribution in [0, 0.1) is 11.2 Å². The molecule has 1 aromatic carbocycles. The Kier molecular flexibility index (Phi) is 4.86. The maximum atomic E-state index is 13.7. The molecule has 2 rings (SSSR count). The number of rotatable bonds is 6. The van der Waals surface area contributed by atoms with Crippen LogP contribution in [0.4, 0.5) is 15.8 Å². The molecular formula is C16H26FN3. The van der Waals surface area contributed by atoms with Crippen molar-refractivity contribution in [3.63, 3.8) is 0 Å². The highest BCUT2D eigenvalue weighted by Gasteiger charge is 2.35. The van der Waals surface area contributed by atoms with Crippen LogP contribution < -0.4 is 11.1 Å². The molecular weight excluding hydrogens is 253 g/mol. The number of nitrogens with one attached hydrogen (secondary N) is 1. The molecule has 0 bridgehead atoms. The average molecular weight is 279 g/mol. The van der Waals surface area contributed by atoms with E-state index in [1.165, 1.54) is 32.0 Å². The normalized spacial score (nSPS) is 23.1. The summed E-state index contributed by atoms with van der Waals surface area (Å²) in [5.74, 6) is -0.267. The maximum absolute atomic E-state index is 13.7. The number of halogens is 1. The van der Waals surface area contributed by atoms with Crippen molar-refractivity contribution in [3.8, 4) is 0 Å². The van der Waals surface area contributed by atoms with E-state index in [0.29, 0.717) is 16.8 Å². The molecule has 4 heteroatoms. The first kappa shape index (κ1) is 15.1. The van der Waals surface area contributed by atoms with E-state index in [9.17, 15) is 4.39 Å². The molecule has 0 radical (unpaired) electrons. The van der Waals surface area contributed by atoms with E-state index < -0.39 is 0 Å². The topological polar surface area (TPSA) is 41.3 Å². The van der Waals surface area contributed by atoms with Gasteiger partial charge in [-0.2, -0.15) is 0 Å². The van der Waals surface area contributed by atoms with Crippen molar-refractivity contribution in [3.05, 3.63) is 24.0 Å². The molecule has 0 aliphatic carbocycles. The molecule has 112 valence electrons. The van der Waals surface area contributed by atoms with Gasteiger partial charge in [0, 0.05) is 18.8 Å². The van der Waals surface area contributed by atoms with E-state index in [2.05, 4.69) is 24.1 Å². The molecule has 1 aromatic rings. The van der Waals surface area contributed by atoms with E-state index in [1.54, 1.807) is 12.1 Å². The van der Waals surface area contributed by atoms with Crippen LogP contribution in [-0.2, 0) is 0 Å². The first-order chi connectivity index (χ1) is 9.58. The summed E-state index contributed by atoms with van der Waals surface area (Å²) in [5.41, 5.74) is 6.97. The number of hydrogen-bond acceptors (Lipinski definition) is 3. The van der Waals surface area contributed by atoms with E-state index in [1.807, 2.05) is 0 Å². The van der Waals surface area contributed by atoms with Crippen molar-refractivity contribution in [2.24, 2.45) is 5.41 Å². The van der Waals surface area contributed by atoms with Gasteiger partial charge in [0.15, 0.2) is 0 Å². The highest BCUT2D eigenvalue weighted by Crippen LogP contribution is 2.37. The predicted molar refractivity (Wildman–Crippen MR) is 83.4 cm³/mol. The second kappa shape index (κ2) is 6.44. The lowest BCUT2D eigenvalue weighted by molar-refractivity contribution is 0.243. The number of nitrogens with two attached hydrogens (primary N) is 1. The van der Waals surface area contributed by atoms with Gasteiger partial charge in [0.2, 0.25) is 0 Å². The Hall–Kier alpha value is -1.29. The Bertz CT molecular complexity index is 449. The fraction of sp³-hybridized carbons (Fsp3) is 0.625. The van der Waals surface area contributed by atoms with Crippen molar-refractivity contribution in [1.82, 2.24) is 4.90 Å². The number of benzene rings is 1. The zero-order chi connectivity index (χ0) is 14.6. The molecule has 0 amide bonds. The van der Waals surface area contributed by atoms with Gasteiger partial charge in [0.25, 0.3) is 0 Å². The monoisotopic (exact) mass is 279 g/mol. The van der Waals surface area contributed by atoms with Gasteiger partial charge < -0.3 is 16.0 Å². The molecule has 1 aliphatic heterocycles. The van der Waals surface area contributed by atoms with Gasteiger partial charge in [-0.05, 0) is 56.0 Å². The van der Waals surface area contributed by atoms with Gasteiger partial charge in [-0.15, -0.1) is 0 Å². The first-order valence-corrected chi connectivity index (χ1v) is 7.60. The molecule has 1 aliphatic rings. The van der Waals surface area contributed by atoms with Gasteiger partial charge >= 0.3 is 0 Å². The minimum atomic E-state index is -0.267. The van der Waals surface area contributed by atoms with Gasteiger partial charge in [-0.25, -0.2) is 4.39 Å². The van der Waals surface area contributed by atoms with Crippen molar-refractivity contribution in [2.45, 2.75) is 33.1 Å². The zero-order valence-electron chi connectivity index (χ0n) is 12.6. The van der Waals surface area contributed by atoms with Gasteiger partial charge in [-0.3, -0.25) is 0 Å². The molecule has 0 spiro atoms. The zero-order valence-corrected chi connectivity index (χ0v) is 12.6. The van der Waals surface area contributed by atoms with Crippen LogP contribution in [0.2, 0.25) is 0 Å². The quantitative estimate of drug-likeness (QED) is 0.785. The van der Waals surface area contributed by atoms with Crippen LogP contribution in [-0.4, -0.2) is 31.1 Å². The van der Waals surface area contributed by atoms with E-state index >= 15 is 0 Å². The Morgan fingerprint density at radius 3 is 2.80 bits per heavy atom. The molecule has 1 fully saturated rings. The molecule has 1 saturated heterocycles. The lowest BCUT2D eigenvalue weighted by Crippen LogP contribution is -2.28. The van der Waals surface area contributed by atoms with Crippen LogP contribution in [0.3, 0.4) is 0 Å². The Morgan fingerprint density at radius 1 is 1.40 bits per heavy atom. The minimum Gasteiger partial charge on any atom is -0.399 e. The summed E-state index contributed by atoms with van der Waals surface area (Å²) in [4.78, 5) is 2.51. The number of hydrogen-bond donors (Lipinski definition) is 2. The summed E-state index contributed by atoms with van der Waals surface area (Å²) < 4.78 is 13.7. The third kappa shape index (κ3) is 3.42. The summed E-state index contributed by atoms with van der Waals surface area (Å²) >= 11 is 0. The van der Waals surface area contributed by atoms with Crippen LogP contribution in [0.25, 0.3) is 0 Å². The highest BCUT2D eigenvalue weighted by atomic mass is 19.1. The molecule has 1 heterocycles. The molecule has 3 N–H and O–H groups in total. The third-order valence-corrected chi connectivity index (χ3v) is 4.68. The Labute approximate surface area is 121 Å². The van der Waals surface area contributed by atoms with E-state index in [0.717, 1.165) is 19.5 Å². The Morgan fingerprint density at radius 2 is 2.20 bits per heavy atom. The predicted octanol–water partition coefficient (Wildman–Crippen LogP) is 3.33. The second-order valence-corrected chi connectivity index (χ2v) is 5.89. The molecule has 20 heavy (non-hydrogen) atoms. The molecule has 0 saturated carbocycles. The summed E-state index contributed by atoms with van der Waals surface area (Å²) in [6.45, 7) is 8.79. The van der Waals surface area contributed by atoms with Crippen LogP contribution in [0.5, 0.6) is 0 Å². The Balaban J connectivity index is 1.88. The lowest BCUT2D eigenvalue weighted by Gasteiger charge is -2.28. The lowest BCUT2D eigenvalue weighted by atomic mass is 9.81. The van der Waals surface area contributed by atoms with Crippen LogP contribution in [0.1, 0.15) is 33.1 Å². The smallest absolute Gasteiger partial charge is 0.148 e. The maximum Gasteiger partial charge on any atom is 0.148 e. The summed E-state index contributed by atoms with van der Waals surface area (Å²) in [5, 5.41) is 3.21. The number of nitrogen functional groups attached to an aromatic ring is 1. The molecule has 3 nitrogen and oxygen atoms in total. The fourth-order valence-electron chi connectivity index (χ4n) is 3.10. The standard InChI is InChI=1S/C16H26FN3/c1-3-16(8-10-20(4-2)12-16)7-9-19-15-6-5-13(18)11-14(15)17/h5-6,11,19H,3-4,7-10,12,18H2,1-2H3. The minimum absolute atomic E-state index is 0.267. The third-order valence-electron chi connectivity index (χ3n) is 4.68. The number of nitrogens with zero attached hydrogens (tertiary/aromatic N) is 1. The molecule has 0 aromatic heterocycles. The summed E-state index contributed by atoms with van der Waals surface area (Å²) in [7, 11) is 0. The number of anilines is 2. The fourth-order valence-corrected chi connectivity index (χ4v) is 3.10. The van der Waals surface area contributed by atoms with Crippen molar-refractivity contribution >= 4 is 11.4 Å². The van der Waals surface area contributed by atoms with E-state index in [-0.39, 0.29) is 5.82 Å². The largest absolute Gasteiger partial charge is 0.399 e. The summed E-state index contributed by atoms with van der Waals surface area (Å²) in [6, 6.07) is 4.82. The van der Waals surface area contributed by atoms with E-state index in [4.69, 9.17) is 5.73 Å². The average Bonchev–Trinajstić information content (AvgIpc) is 2.86. The molecule has 1 unspecified atom stereocenters. The van der Waals surface area contributed by atoms with Crippen LogP contribution in [0.15, 0.2) is 18.2 Å². The second-order valence-electron chi connectivity index (χ2n) is 5.89. The van der Waals surface area contributed by atoms with Crippen LogP contribution >= 0.6 is 0 Å². The van der Waals surface area contributed by atoms with Crippen molar-refractivity contribution in [1.29, 1.82) is 0 Å². The van der Waals surface area contributed by atoms with Gasteiger partial charge in [0.1, 0.15) is 5.82 Å². The summed E-state index contributed by atoms with van der Waals surface area (Å²) in [6.07, 6.45) is 3.53. The number of likely N-dealkylation sites (tertiary alicyclic amines) is 1. The van der Waals surface area contributed by atoms with Crippen molar-refractivity contribution in [2.75, 3.05) is 37.2 Å². The first-order valence-electron chi connectivity index (χ1n) is 7.60. The van der Waals surface area contributed by atoms with Crippen molar-refractivity contribution < 1.29 is 4.39 Å². The SMILES string of the molecule is CCN1CCC(CC)(CCNc2ccc(N)cc2F)C1. The van der Waals surface area contributed by atoms with Gasteiger partial charge in [0.05, 0.1) is 5.69 Å². The molecule has 1 atom stereocenters.